The molecule has 1 amide bonds. The number of carbonyl (C=O) groups is 1. The predicted molar refractivity (Wildman–Crippen MR) is 133 cm³/mol. The number of ether oxygens (including phenoxy) is 1. The van der Waals surface area contributed by atoms with Gasteiger partial charge in [-0.15, -0.1) is 24.5 Å². The Kier molecular flexibility index (Phi) is 7.48. The second-order valence-electron chi connectivity index (χ2n) is 7.40. The maximum atomic E-state index is 12.8. The minimum Gasteiger partial charge on any atom is -0.457 e. The van der Waals surface area contributed by atoms with Gasteiger partial charge < -0.3 is 10.1 Å². The van der Waals surface area contributed by atoms with Crippen molar-refractivity contribution in [2.45, 2.75) is 12.1 Å². The largest absolute Gasteiger partial charge is 0.537 e. The number of anilines is 1. The van der Waals surface area contributed by atoms with E-state index in [9.17, 15) is 26.4 Å². The topological polar surface area (TPSA) is 81.7 Å². The smallest absolute Gasteiger partial charge is 0.457 e. The fourth-order valence-electron chi connectivity index (χ4n) is 3.20. The van der Waals surface area contributed by atoms with Crippen LogP contribution in [-0.2, 0) is 20.1 Å². The number of halogens is 5. The number of hydrogen-bond acceptors (Lipinski definition) is 6. The molecule has 0 bridgehead atoms. The summed E-state index contributed by atoms with van der Waals surface area (Å²) in [4.78, 5) is 13.1. The normalized spacial score (nSPS) is 12.0. The van der Waals surface area contributed by atoms with E-state index in [-0.39, 0.29) is 10.4 Å². The summed E-state index contributed by atoms with van der Waals surface area (Å²) in [5, 5.41) is 4.08. The summed E-state index contributed by atoms with van der Waals surface area (Å²) in [6.07, 6.45) is -5.31. The highest BCUT2D eigenvalue weighted by atomic mass is 35.5. The first-order chi connectivity index (χ1) is 16.8. The first-order valence-corrected chi connectivity index (χ1v) is 13.1. The molecule has 0 aliphatic rings. The number of thiophene rings is 1. The molecule has 6 nitrogen and oxygen atoms in total. The van der Waals surface area contributed by atoms with Crippen molar-refractivity contribution in [2.75, 3.05) is 5.32 Å². The molecule has 0 atom stereocenters. The van der Waals surface area contributed by atoms with E-state index in [2.05, 4.69) is 9.50 Å². The Labute approximate surface area is 217 Å². The van der Waals surface area contributed by atoms with Crippen LogP contribution in [0.5, 0.6) is 11.5 Å². The lowest BCUT2D eigenvalue weighted by molar-refractivity contribution is -0.272. The van der Waals surface area contributed by atoms with Crippen LogP contribution < -0.4 is 10.1 Å². The summed E-state index contributed by atoms with van der Waals surface area (Å²) in [6, 6.07) is 17.1. The zero-order valence-corrected chi connectivity index (χ0v) is 21.0. The summed E-state index contributed by atoms with van der Waals surface area (Å²) in [6.45, 7) is 0. The van der Waals surface area contributed by atoms with Gasteiger partial charge in [0, 0.05) is 26.5 Å². The first kappa shape index (κ1) is 26.2. The quantitative estimate of drug-likeness (QED) is 0.229. The Morgan fingerprint density at radius 1 is 0.917 bits per heavy atom. The van der Waals surface area contributed by atoms with Crippen LogP contribution in [-0.4, -0.2) is 20.7 Å². The van der Waals surface area contributed by atoms with E-state index < -0.39 is 28.1 Å². The molecule has 1 aromatic heterocycles. The lowest BCUT2D eigenvalue weighted by Crippen LogP contribution is -2.20. The summed E-state index contributed by atoms with van der Waals surface area (Å²) >= 11 is 13.2. The van der Waals surface area contributed by atoms with Crippen molar-refractivity contribution in [1.82, 2.24) is 0 Å². The van der Waals surface area contributed by atoms with Crippen LogP contribution in [0.3, 0.4) is 0 Å². The molecule has 0 radical (unpaired) electrons. The van der Waals surface area contributed by atoms with E-state index in [1.54, 1.807) is 36.4 Å². The fraction of sp³-hybridized carbons (Fsp3) is 0.0870. The van der Waals surface area contributed by atoms with E-state index in [0.29, 0.717) is 37.3 Å². The molecule has 36 heavy (non-hydrogen) atoms. The van der Waals surface area contributed by atoms with Gasteiger partial charge in [-0.25, -0.2) is 0 Å². The van der Waals surface area contributed by atoms with Crippen LogP contribution in [0.4, 0.5) is 18.9 Å². The number of nitrogens with one attached hydrogen (secondary N) is 1. The van der Waals surface area contributed by atoms with Crippen molar-refractivity contribution in [2.24, 2.45) is 0 Å². The molecule has 0 spiro atoms. The predicted octanol–water partition coefficient (Wildman–Crippen LogP) is 7.62. The van der Waals surface area contributed by atoms with Gasteiger partial charge in [-0.05, 0) is 65.5 Å². The van der Waals surface area contributed by atoms with Crippen LogP contribution in [0, 0.1) is 0 Å². The molecular weight excluding hydrogens is 562 g/mol. The van der Waals surface area contributed by atoms with Gasteiger partial charge in [-0.3, -0.25) is 4.79 Å². The molecule has 0 unspecified atom stereocenters. The minimum atomic E-state index is -5.31. The van der Waals surface area contributed by atoms with Crippen molar-refractivity contribution < 1.29 is 35.3 Å². The third-order valence-electron chi connectivity index (χ3n) is 4.55. The fourth-order valence-corrected chi connectivity index (χ4v) is 5.42. The number of benzene rings is 3. The Hall–Kier alpha value is -2.83. The van der Waals surface area contributed by atoms with Gasteiger partial charge in [0.25, 0.3) is 16.0 Å². The van der Waals surface area contributed by atoms with Gasteiger partial charge in [0.1, 0.15) is 17.3 Å². The van der Waals surface area contributed by atoms with Crippen LogP contribution in [0.2, 0.25) is 10.0 Å². The Morgan fingerprint density at radius 3 is 2.33 bits per heavy atom. The maximum Gasteiger partial charge on any atom is 0.537 e. The van der Waals surface area contributed by atoms with Crippen molar-refractivity contribution in [3.63, 3.8) is 0 Å². The Bertz CT molecular complexity index is 1540. The van der Waals surface area contributed by atoms with Gasteiger partial charge in [0.15, 0.2) is 0 Å². The zero-order chi connectivity index (χ0) is 26.1. The molecule has 0 fully saturated rings. The van der Waals surface area contributed by atoms with E-state index in [0.717, 1.165) is 11.3 Å². The molecule has 4 aromatic rings. The van der Waals surface area contributed by atoms with Crippen LogP contribution >= 0.6 is 34.5 Å². The standard InChI is InChI=1S/C23H14Cl2F3NO5S2/c24-15-2-4-18(5-3-15)33-19-10-16(25)9-17(11-19)29-22(30)21-8-14-7-13(1-6-20(14)35-21)12-36(31,32)34-23(26,27)28/h1-11H,12H2,(H,29,30). The summed E-state index contributed by atoms with van der Waals surface area (Å²) in [7, 11) is -4.88. The third-order valence-corrected chi connectivity index (χ3v) is 7.26. The van der Waals surface area contributed by atoms with Crippen molar-refractivity contribution in [1.29, 1.82) is 0 Å². The average Bonchev–Trinajstić information content (AvgIpc) is 3.16. The van der Waals surface area contributed by atoms with E-state index in [1.807, 2.05) is 0 Å². The third kappa shape index (κ3) is 7.11. The highest BCUT2D eigenvalue weighted by Crippen LogP contribution is 2.32. The summed E-state index contributed by atoms with van der Waals surface area (Å²) in [5.74, 6) is -0.547. The van der Waals surface area contributed by atoms with Crippen molar-refractivity contribution in [3.8, 4) is 11.5 Å². The maximum absolute atomic E-state index is 12.8. The molecule has 1 heterocycles. The van der Waals surface area contributed by atoms with Gasteiger partial charge in [0.2, 0.25) is 0 Å². The Balaban J connectivity index is 1.50. The molecule has 4 rings (SSSR count). The molecule has 0 saturated carbocycles. The number of hydrogen-bond donors (Lipinski definition) is 1. The molecular formula is C23H14Cl2F3NO5S2. The minimum absolute atomic E-state index is 0.0790. The lowest BCUT2D eigenvalue weighted by atomic mass is 10.2. The molecule has 0 saturated heterocycles. The molecule has 1 N–H and O–H groups in total. The zero-order valence-electron chi connectivity index (χ0n) is 17.8. The van der Waals surface area contributed by atoms with Gasteiger partial charge in [-0.1, -0.05) is 29.3 Å². The van der Waals surface area contributed by atoms with Crippen LogP contribution in [0.15, 0.2) is 66.7 Å². The second-order valence-corrected chi connectivity index (χ2v) is 10.9. The van der Waals surface area contributed by atoms with E-state index in [1.165, 1.54) is 30.3 Å². The highest BCUT2D eigenvalue weighted by Gasteiger charge is 2.36. The van der Waals surface area contributed by atoms with Crippen molar-refractivity contribution >= 4 is 66.3 Å². The second kappa shape index (κ2) is 10.3. The molecule has 0 aliphatic carbocycles. The van der Waals surface area contributed by atoms with E-state index in [4.69, 9.17) is 27.9 Å². The highest BCUT2D eigenvalue weighted by molar-refractivity contribution is 7.85. The Morgan fingerprint density at radius 2 is 1.64 bits per heavy atom. The van der Waals surface area contributed by atoms with Gasteiger partial charge in [0.05, 0.1) is 4.88 Å². The average molecular weight is 576 g/mol. The van der Waals surface area contributed by atoms with Crippen LogP contribution in [0.25, 0.3) is 10.1 Å². The monoisotopic (exact) mass is 575 g/mol. The summed E-state index contributed by atoms with van der Waals surface area (Å²) in [5.41, 5.74) is 0.445. The summed E-state index contributed by atoms with van der Waals surface area (Å²) < 4.78 is 69.7. The molecule has 188 valence electrons. The number of amides is 1. The number of carbonyl (C=O) groups excluding carboxylic acids is 1. The number of rotatable bonds is 7. The molecule has 13 heteroatoms. The lowest BCUT2D eigenvalue weighted by Gasteiger charge is -2.10. The van der Waals surface area contributed by atoms with Crippen molar-refractivity contribution in [3.05, 3.63) is 87.2 Å². The number of fused-ring (bicyclic) bond motifs is 1. The number of alkyl halides is 3. The SMILES string of the molecule is O=C(Nc1cc(Cl)cc(Oc2ccc(Cl)cc2)c1)c1cc2cc(CS(=O)(=O)OC(F)(F)F)ccc2s1. The van der Waals surface area contributed by atoms with Gasteiger partial charge in [-0.2, -0.15) is 12.6 Å². The van der Waals surface area contributed by atoms with E-state index >= 15 is 0 Å². The first-order valence-electron chi connectivity index (χ1n) is 9.93. The molecule has 3 aromatic carbocycles. The van der Waals surface area contributed by atoms with Gasteiger partial charge >= 0.3 is 6.36 Å². The molecule has 0 aliphatic heterocycles. The van der Waals surface area contributed by atoms with Crippen LogP contribution in [0.1, 0.15) is 15.2 Å².